The van der Waals surface area contributed by atoms with E-state index in [-0.39, 0.29) is 11.8 Å². The van der Waals surface area contributed by atoms with Gasteiger partial charge in [-0.25, -0.2) is 13.1 Å². The smallest absolute Gasteiger partial charge is 0.313 e. The molecule has 1 aliphatic rings. The van der Waals surface area contributed by atoms with Gasteiger partial charge in [0.15, 0.2) is 0 Å². The van der Waals surface area contributed by atoms with Gasteiger partial charge in [0, 0.05) is 6.04 Å². The number of nitrogens with one attached hydrogen (secondary N) is 2. The quantitative estimate of drug-likeness (QED) is 0.746. The molecule has 0 aromatic rings. The Morgan fingerprint density at radius 1 is 1.40 bits per heavy atom. The van der Waals surface area contributed by atoms with Crippen LogP contribution in [0.25, 0.3) is 0 Å². The maximum Gasteiger partial charge on any atom is 0.402 e. The van der Waals surface area contributed by atoms with Gasteiger partial charge < -0.3 is 5.32 Å². The van der Waals surface area contributed by atoms with Crippen LogP contribution in [-0.4, -0.2) is 39.5 Å². The average Bonchev–Trinajstić information content (AvgIpc) is 2.52. The molecule has 15 heavy (non-hydrogen) atoms. The van der Waals surface area contributed by atoms with Crippen LogP contribution in [0.5, 0.6) is 0 Å². The Hall–Kier alpha value is -0.340. The van der Waals surface area contributed by atoms with Crippen molar-refractivity contribution in [2.24, 2.45) is 0 Å². The van der Waals surface area contributed by atoms with Crippen LogP contribution in [0.3, 0.4) is 0 Å². The summed E-state index contributed by atoms with van der Waals surface area (Å²) in [5.41, 5.74) is 0. The van der Waals surface area contributed by atoms with E-state index >= 15 is 0 Å². The van der Waals surface area contributed by atoms with E-state index in [1.165, 1.54) is 4.72 Å². The fourth-order valence-electron chi connectivity index (χ4n) is 1.41. The second-order valence-electron chi connectivity index (χ2n) is 3.51. The average molecular weight is 246 g/mol. The van der Waals surface area contributed by atoms with Gasteiger partial charge in [-0.3, -0.25) is 0 Å². The first-order chi connectivity index (χ1) is 6.79. The first kappa shape index (κ1) is 12.7. The van der Waals surface area contributed by atoms with Crippen molar-refractivity contribution in [1.82, 2.24) is 10.0 Å². The lowest BCUT2D eigenvalue weighted by Gasteiger charge is -2.12. The molecule has 0 aromatic carbocycles. The molecule has 0 spiro atoms. The van der Waals surface area contributed by atoms with Crippen LogP contribution < -0.4 is 10.0 Å². The molecular formula is C7H13F3N2O2S. The Labute approximate surface area is 86.3 Å². The molecule has 1 unspecified atom stereocenters. The highest BCUT2D eigenvalue weighted by Crippen LogP contribution is 2.13. The molecule has 8 heteroatoms. The predicted molar refractivity (Wildman–Crippen MR) is 48.9 cm³/mol. The largest absolute Gasteiger partial charge is 0.402 e. The van der Waals surface area contributed by atoms with Crippen molar-refractivity contribution >= 4 is 10.0 Å². The number of alkyl halides is 3. The van der Waals surface area contributed by atoms with Crippen LogP contribution in [0.15, 0.2) is 0 Å². The summed E-state index contributed by atoms with van der Waals surface area (Å²) in [4.78, 5) is 0. The highest BCUT2D eigenvalue weighted by atomic mass is 32.2. The minimum atomic E-state index is -4.50. The number of rotatable bonds is 4. The van der Waals surface area contributed by atoms with Gasteiger partial charge in [-0.05, 0) is 19.4 Å². The van der Waals surface area contributed by atoms with Crippen LogP contribution in [0, 0.1) is 0 Å². The van der Waals surface area contributed by atoms with Crippen molar-refractivity contribution in [3.63, 3.8) is 0 Å². The highest BCUT2D eigenvalue weighted by Gasteiger charge is 2.30. The molecule has 2 N–H and O–H groups in total. The van der Waals surface area contributed by atoms with Crippen LogP contribution in [-0.2, 0) is 10.0 Å². The number of sulfonamides is 1. The fraction of sp³-hybridized carbons (Fsp3) is 1.00. The lowest BCUT2D eigenvalue weighted by Crippen LogP contribution is -2.40. The van der Waals surface area contributed by atoms with Crippen molar-refractivity contribution in [3.8, 4) is 0 Å². The summed E-state index contributed by atoms with van der Waals surface area (Å²) in [6.45, 7) is -0.776. The summed E-state index contributed by atoms with van der Waals surface area (Å²) in [5, 5.41) is 2.91. The Morgan fingerprint density at radius 3 is 2.53 bits per heavy atom. The maximum atomic E-state index is 11.8. The molecule has 0 amide bonds. The molecule has 90 valence electrons. The Morgan fingerprint density at radius 2 is 2.07 bits per heavy atom. The number of hydrogen-bond acceptors (Lipinski definition) is 3. The van der Waals surface area contributed by atoms with E-state index in [0.29, 0.717) is 6.42 Å². The molecule has 1 atom stereocenters. The summed E-state index contributed by atoms with van der Waals surface area (Å²) in [7, 11) is -3.83. The zero-order chi connectivity index (χ0) is 11.5. The molecule has 1 heterocycles. The zero-order valence-electron chi connectivity index (χ0n) is 7.97. The van der Waals surface area contributed by atoms with Crippen molar-refractivity contribution in [1.29, 1.82) is 0 Å². The lowest BCUT2D eigenvalue weighted by molar-refractivity contribution is -0.121. The minimum absolute atomic E-state index is 0.226. The molecule has 4 nitrogen and oxygen atoms in total. The first-order valence-electron chi connectivity index (χ1n) is 4.56. The van der Waals surface area contributed by atoms with Crippen molar-refractivity contribution in [2.45, 2.75) is 25.1 Å². The molecule has 0 radical (unpaired) electrons. The van der Waals surface area contributed by atoms with Gasteiger partial charge in [0.05, 0.1) is 5.75 Å². The molecule has 1 fully saturated rings. The standard InChI is InChI=1S/C7H13F3N2O2S/c8-7(9,10)5-12-15(13,14)4-6-2-1-3-11-6/h6,11-12H,1-5H2. The van der Waals surface area contributed by atoms with E-state index in [1.807, 2.05) is 0 Å². The molecule has 0 aromatic heterocycles. The van der Waals surface area contributed by atoms with E-state index in [1.54, 1.807) is 0 Å². The monoisotopic (exact) mass is 246 g/mol. The lowest BCUT2D eigenvalue weighted by atomic mass is 10.3. The van der Waals surface area contributed by atoms with E-state index in [0.717, 1.165) is 13.0 Å². The van der Waals surface area contributed by atoms with Crippen LogP contribution in [0.1, 0.15) is 12.8 Å². The molecule has 0 bridgehead atoms. The Balaban J connectivity index is 2.38. The van der Waals surface area contributed by atoms with Gasteiger partial charge in [0.25, 0.3) is 0 Å². The van der Waals surface area contributed by atoms with Gasteiger partial charge in [-0.1, -0.05) is 0 Å². The summed E-state index contributed by atoms with van der Waals surface area (Å²) in [5.74, 6) is -0.289. The van der Waals surface area contributed by atoms with E-state index in [4.69, 9.17) is 0 Å². The summed E-state index contributed by atoms with van der Waals surface area (Å²) >= 11 is 0. The minimum Gasteiger partial charge on any atom is -0.313 e. The van der Waals surface area contributed by atoms with E-state index < -0.39 is 22.7 Å². The van der Waals surface area contributed by atoms with Crippen molar-refractivity contribution < 1.29 is 21.6 Å². The van der Waals surface area contributed by atoms with Crippen molar-refractivity contribution in [2.75, 3.05) is 18.8 Å². The molecule has 1 aliphatic heterocycles. The van der Waals surface area contributed by atoms with Gasteiger partial charge in [-0.2, -0.15) is 13.2 Å². The van der Waals surface area contributed by atoms with E-state index in [2.05, 4.69) is 5.32 Å². The van der Waals surface area contributed by atoms with Gasteiger partial charge in [0.1, 0.15) is 6.54 Å². The third-order valence-corrected chi connectivity index (χ3v) is 3.50. The van der Waals surface area contributed by atoms with Crippen LogP contribution in [0.2, 0.25) is 0 Å². The van der Waals surface area contributed by atoms with Gasteiger partial charge in [-0.15, -0.1) is 0 Å². The fourth-order valence-corrected chi connectivity index (χ4v) is 2.73. The van der Waals surface area contributed by atoms with Gasteiger partial charge >= 0.3 is 6.18 Å². The molecule has 1 saturated heterocycles. The summed E-state index contributed by atoms with van der Waals surface area (Å²) in [6, 6.07) is -0.226. The topological polar surface area (TPSA) is 58.2 Å². The molecular weight excluding hydrogens is 233 g/mol. The first-order valence-corrected chi connectivity index (χ1v) is 6.21. The van der Waals surface area contributed by atoms with E-state index in [9.17, 15) is 21.6 Å². The third kappa shape index (κ3) is 5.33. The Bertz CT molecular complexity index is 296. The summed E-state index contributed by atoms with van der Waals surface area (Å²) < 4.78 is 59.2. The van der Waals surface area contributed by atoms with Crippen molar-refractivity contribution in [3.05, 3.63) is 0 Å². The molecule has 0 saturated carbocycles. The normalized spacial score (nSPS) is 23.3. The highest BCUT2D eigenvalue weighted by molar-refractivity contribution is 7.89. The van der Waals surface area contributed by atoms with Crippen LogP contribution in [0.4, 0.5) is 13.2 Å². The second-order valence-corrected chi connectivity index (χ2v) is 5.36. The van der Waals surface area contributed by atoms with Crippen LogP contribution >= 0.6 is 0 Å². The number of halogens is 3. The Kier molecular flexibility index (Phi) is 3.96. The molecule has 0 aliphatic carbocycles. The zero-order valence-corrected chi connectivity index (χ0v) is 8.79. The second kappa shape index (κ2) is 4.67. The molecule has 1 rings (SSSR count). The number of hydrogen-bond donors (Lipinski definition) is 2. The maximum absolute atomic E-state index is 11.8. The summed E-state index contributed by atoms with van der Waals surface area (Å²) in [6.07, 6.45) is -2.96. The predicted octanol–water partition coefficient (Wildman–Crippen LogP) is 0.220. The van der Waals surface area contributed by atoms with Gasteiger partial charge in [0.2, 0.25) is 10.0 Å². The third-order valence-electron chi connectivity index (χ3n) is 2.08. The SMILES string of the molecule is O=S(=O)(CC1CCCN1)NCC(F)(F)F.